The number of pyridine rings is 1. The highest BCUT2D eigenvalue weighted by atomic mass is 16.6. The molecule has 5 aliphatic rings. The van der Waals surface area contributed by atoms with Crippen molar-refractivity contribution in [2.75, 3.05) is 44.3 Å². The van der Waals surface area contributed by atoms with Gasteiger partial charge in [0.1, 0.15) is 17.2 Å². The van der Waals surface area contributed by atoms with Crippen LogP contribution in [-0.2, 0) is 19.7 Å². The normalized spacial score (nSPS) is 24.3. The number of ether oxygens (including phenoxy) is 3. The fourth-order valence-electron chi connectivity index (χ4n) is 8.94. The first-order valence-corrected chi connectivity index (χ1v) is 19.3. The van der Waals surface area contributed by atoms with Crippen LogP contribution >= 0.6 is 0 Å². The number of likely N-dealkylation sites (tertiary alicyclic amines) is 2. The molecule has 0 N–H and O–H groups in total. The van der Waals surface area contributed by atoms with Gasteiger partial charge in [-0.3, -0.25) is 4.79 Å². The highest BCUT2D eigenvalue weighted by Crippen LogP contribution is 2.52. The van der Waals surface area contributed by atoms with Gasteiger partial charge in [0.05, 0.1) is 36.2 Å². The van der Waals surface area contributed by atoms with E-state index in [0.29, 0.717) is 51.1 Å². The third kappa shape index (κ3) is 6.38. The van der Waals surface area contributed by atoms with Gasteiger partial charge in [0.15, 0.2) is 0 Å². The molecule has 2 aromatic heterocycles. The van der Waals surface area contributed by atoms with Gasteiger partial charge in [0.25, 0.3) is 0 Å². The number of hydrogen-bond acceptors (Lipinski definition) is 8. The van der Waals surface area contributed by atoms with Crippen molar-refractivity contribution in [3.8, 4) is 17.1 Å². The Balaban J connectivity index is 1.14. The standard InChI is InChI=1S/C40H54N6O5/c1-26(2)45-25-41-33-24-32(42-36(35(33)45)50-30-11-19-49-20-12-30)27-9-10-31-34(21-27)46(29-22-28(23-29)43-15-7-6-8-16-43)37(47)40(31)13-17-44(18-14-40)38(48)51-39(3,4)5/h9-10,21,24-26,28-30H,6-8,11-20,22-23H2,1-5H3. The third-order valence-electron chi connectivity index (χ3n) is 11.8. The monoisotopic (exact) mass is 698 g/mol. The second-order valence-corrected chi connectivity index (χ2v) is 16.7. The third-order valence-corrected chi connectivity index (χ3v) is 11.8. The summed E-state index contributed by atoms with van der Waals surface area (Å²) in [5.74, 6) is 0.784. The predicted octanol–water partition coefficient (Wildman–Crippen LogP) is 6.87. The van der Waals surface area contributed by atoms with Crippen molar-refractivity contribution in [2.24, 2.45) is 0 Å². The Morgan fingerprint density at radius 1 is 0.980 bits per heavy atom. The molecule has 0 radical (unpaired) electrons. The van der Waals surface area contributed by atoms with Crippen LogP contribution in [0.4, 0.5) is 10.5 Å². The molecular formula is C40H54N6O5. The van der Waals surface area contributed by atoms with Crippen LogP contribution in [-0.4, -0.2) is 99.5 Å². The van der Waals surface area contributed by atoms with Crippen molar-refractivity contribution in [1.29, 1.82) is 0 Å². The number of nitrogens with zero attached hydrogens (tertiary/aromatic N) is 6. The van der Waals surface area contributed by atoms with E-state index < -0.39 is 11.0 Å². The molecule has 11 nitrogen and oxygen atoms in total. The molecule has 0 unspecified atom stereocenters. The van der Waals surface area contributed by atoms with Gasteiger partial charge >= 0.3 is 6.09 Å². The number of amides is 2. The van der Waals surface area contributed by atoms with E-state index >= 15 is 0 Å². The quantitative estimate of drug-likeness (QED) is 0.275. The first-order valence-electron chi connectivity index (χ1n) is 19.3. The lowest BCUT2D eigenvalue weighted by molar-refractivity contribution is -0.126. The van der Waals surface area contributed by atoms with Gasteiger partial charge < -0.3 is 33.5 Å². The van der Waals surface area contributed by atoms with Crippen LogP contribution in [0.1, 0.15) is 104 Å². The van der Waals surface area contributed by atoms with Crippen molar-refractivity contribution < 1.29 is 23.8 Å². The molecule has 51 heavy (non-hydrogen) atoms. The van der Waals surface area contributed by atoms with Gasteiger partial charge in [-0.2, -0.15) is 0 Å². The largest absolute Gasteiger partial charge is 0.473 e. The molecule has 11 heteroatoms. The van der Waals surface area contributed by atoms with Crippen molar-refractivity contribution in [3.63, 3.8) is 0 Å². The lowest BCUT2D eigenvalue weighted by Crippen LogP contribution is -2.58. The molecule has 8 rings (SSSR count). The van der Waals surface area contributed by atoms with E-state index in [1.54, 1.807) is 4.90 Å². The van der Waals surface area contributed by atoms with Gasteiger partial charge in [0.2, 0.25) is 11.8 Å². The van der Waals surface area contributed by atoms with Gasteiger partial charge in [-0.05, 0) is 104 Å². The highest BCUT2D eigenvalue weighted by Gasteiger charge is 2.56. The number of carbonyl (C=O) groups is 2. The molecule has 3 aromatic rings. The summed E-state index contributed by atoms with van der Waals surface area (Å²) in [7, 11) is 0. The second kappa shape index (κ2) is 13.4. The van der Waals surface area contributed by atoms with E-state index in [1.165, 1.54) is 19.3 Å². The SMILES string of the molecule is CC(C)n1cnc2cc(-c3ccc4c(c3)N(C3CC(N5CCCCC5)C3)C(=O)C43CCN(C(=O)OC(C)(C)C)CC3)nc(OC3CCOCC3)c21. The Hall–Kier alpha value is -3.70. The van der Waals surface area contributed by atoms with Crippen molar-refractivity contribution >= 4 is 28.7 Å². The molecule has 0 bridgehead atoms. The average molecular weight is 699 g/mol. The lowest BCUT2D eigenvalue weighted by Gasteiger charge is -2.48. The maximum atomic E-state index is 14.8. The summed E-state index contributed by atoms with van der Waals surface area (Å²) in [4.78, 5) is 44.4. The first kappa shape index (κ1) is 34.4. The number of rotatable bonds is 6. The summed E-state index contributed by atoms with van der Waals surface area (Å²) in [6, 6.07) is 9.40. The minimum absolute atomic E-state index is 0.0335. The number of anilines is 1. The zero-order valence-corrected chi connectivity index (χ0v) is 31.0. The lowest BCUT2D eigenvalue weighted by atomic mass is 9.73. The number of benzene rings is 1. The van der Waals surface area contributed by atoms with Crippen LogP contribution in [0.2, 0.25) is 0 Å². The van der Waals surface area contributed by atoms with Crippen LogP contribution in [0.15, 0.2) is 30.6 Å². The Morgan fingerprint density at radius 3 is 2.39 bits per heavy atom. The summed E-state index contributed by atoms with van der Waals surface area (Å²) in [5, 5.41) is 0. The topological polar surface area (TPSA) is 102 Å². The number of hydrogen-bond donors (Lipinski definition) is 0. The molecule has 6 heterocycles. The Bertz CT molecular complexity index is 1770. The Labute approximate surface area is 301 Å². The molecule has 3 saturated heterocycles. The molecule has 1 saturated carbocycles. The van der Waals surface area contributed by atoms with Gasteiger partial charge in [-0.15, -0.1) is 0 Å². The number of fused-ring (bicyclic) bond motifs is 3. The molecule has 4 aliphatic heterocycles. The average Bonchev–Trinajstić information content (AvgIpc) is 3.63. The van der Waals surface area contributed by atoms with E-state index in [4.69, 9.17) is 24.2 Å². The molecule has 2 amide bonds. The van der Waals surface area contributed by atoms with E-state index in [2.05, 4.69) is 52.5 Å². The fourth-order valence-corrected chi connectivity index (χ4v) is 8.94. The zero-order chi connectivity index (χ0) is 35.5. The zero-order valence-electron chi connectivity index (χ0n) is 31.0. The molecule has 1 aromatic carbocycles. The number of aromatic nitrogens is 3. The molecular weight excluding hydrogens is 644 g/mol. The number of carbonyl (C=O) groups excluding carboxylic acids is 2. The van der Waals surface area contributed by atoms with E-state index in [0.717, 1.165) is 72.3 Å². The number of piperidine rings is 2. The molecule has 0 atom stereocenters. The highest BCUT2D eigenvalue weighted by molar-refractivity contribution is 6.09. The number of imidazole rings is 1. The summed E-state index contributed by atoms with van der Waals surface area (Å²) in [5.41, 5.74) is 4.33. The van der Waals surface area contributed by atoms with Crippen LogP contribution in [0.5, 0.6) is 5.88 Å². The molecule has 1 spiro atoms. The maximum Gasteiger partial charge on any atom is 0.410 e. The Morgan fingerprint density at radius 2 is 1.71 bits per heavy atom. The van der Waals surface area contributed by atoms with Crippen LogP contribution in [0, 0.1) is 0 Å². The van der Waals surface area contributed by atoms with Crippen LogP contribution in [0.3, 0.4) is 0 Å². The minimum Gasteiger partial charge on any atom is -0.473 e. The van der Waals surface area contributed by atoms with E-state index in [1.807, 2.05) is 27.1 Å². The van der Waals surface area contributed by atoms with Gasteiger partial charge in [-0.1, -0.05) is 18.6 Å². The van der Waals surface area contributed by atoms with Crippen molar-refractivity contribution in [2.45, 2.75) is 128 Å². The van der Waals surface area contributed by atoms with Crippen molar-refractivity contribution in [3.05, 3.63) is 36.2 Å². The van der Waals surface area contributed by atoms with Crippen molar-refractivity contribution in [1.82, 2.24) is 24.3 Å². The first-order chi connectivity index (χ1) is 24.5. The fraction of sp³-hybridized carbons (Fsp3) is 0.650. The smallest absolute Gasteiger partial charge is 0.410 e. The van der Waals surface area contributed by atoms with Crippen LogP contribution in [0.25, 0.3) is 22.3 Å². The van der Waals surface area contributed by atoms with Crippen LogP contribution < -0.4 is 9.64 Å². The van der Waals surface area contributed by atoms with E-state index in [9.17, 15) is 9.59 Å². The molecule has 1 aliphatic carbocycles. The summed E-state index contributed by atoms with van der Waals surface area (Å²) in [6.07, 6.45) is 10.3. The van der Waals surface area contributed by atoms with Gasteiger partial charge in [-0.25, -0.2) is 14.8 Å². The van der Waals surface area contributed by atoms with E-state index in [-0.39, 0.29) is 30.2 Å². The maximum absolute atomic E-state index is 14.8. The minimum atomic E-state index is -0.659. The summed E-state index contributed by atoms with van der Waals surface area (Å²) >= 11 is 0. The molecule has 274 valence electrons. The predicted molar refractivity (Wildman–Crippen MR) is 196 cm³/mol. The Kier molecular flexibility index (Phi) is 9.02. The van der Waals surface area contributed by atoms with Gasteiger partial charge in [0, 0.05) is 55.3 Å². The summed E-state index contributed by atoms with van der Waals surface area (Å²) < 4.78 is 20.1. The summed E-state index contributed by atoms with van der Waals surface area (Å²) in [6.45, 7) is 14.6. The molecule has 4 fully saturated rings. The second-order valence-electron chi connectivity index (χ2n) is 16.7.